The van der Waals surface area contributed by atoms with Crippen LogP contribution < -0.4 is 11.3 Å². The number of aromatic nitrogens is 3. The van der Waals surface area contributed by atoms with Crippen molar-refractivity contribution in [2.75, 3.05) is 5.73 Å². The Balaban J connectivity index is 2.57. The highest BCUT2D eigenvalue weighted by atomic mass is 15.1. The SMILES string of the molecule is [B]c1cc2c(N)ncnc2n1CCC=C. The van der Waals surface area contributed by atoms with Gasteiger partial charge in [-0.15, -0.1) is 6.58 Å². The van der Waals surface area contributed by atoms with Crippen LogP contribution in [0, 0.1) is 0 Å². The molecule has 0 amide bonds. The zero-order chi connectivity index (χ0) is 10.8. The van der Waals surface area contributed by atoms with Crippen molar-refractivity contribution in [3.8, 4) is 0 Å². The van der Waals surface area contributed by atoms with Crippen LogP contribution in [0.2, 0.25) is 0 Å². The summed E-state index contributed by atoms with van der Waals surface area (Å²) < 4.78 is 1.91. The van der Waals surface area contributed by atoms with Gasteiger partial charge in [0.05, 0.1) is 5.39 Å². The number of aryl methyl sites for hydroxylation is 1. The van der Waals surface area contributed by atoms with Gasteiger partial charge in [-0.1, -0.05) is 6.08 Å². The normalized spacial score (nSPS) is 10.7. The summed E-state index contributed by atoms with van der Waals surface area (Å²) >= 11 is 0. The van der Waals surface area contributed by atoms with Gasteiger partial charge in [-0.05, 0) is 18.1 Å². The van der Waals surface area contributed by atoms with E-state index in [1.807, 2.05) is 10.6 Å². The summed E-state index contributed by atoms with van der Waals surface area (Å²) in [6.45, 7) is 4.44. The Morgan fingerprint density at radius 2 is 2.33 bits per heavy atom. The molecular weight excluding hydrogens is 187 g/mol. The van der Waals surface area contributed by atoms with E-state index in [0.717, 1.165) is 24.0 Å². The highest BCUT2D eigenvalue weighted by molar-refractivity contribution is 6.32. The fourth-order valence-electron chi connectivity index (χ4n) is 1.56. The molecule has 2 heterocycles. The molecule has 5 heteroatoms. The van der Waals surface area contributed by atoms with E-state index < -0.39 is 0 Å². The molecular formula is C10H11BN4. The fourth-order valence-corrected chi connectivity index (χ4v) is 1.56. The first-order valence-corrected chi connectivity index (χ1v) is 4.70. The van der Waals surface area contributed by atoms with Crippen LogP contribution >= 0.6 is 0 Å². The van der Waals surface area contributed by atoms with Crippen LogP contribution in [-0.2, 0) is 6.54 Å². The maximum Gasteiger partial charge on any atom is 0.144 e. The van der Waals surface area contributed by atoms with Crippen LogP contribution in [0.1, 0.15) is 6.42 Å². The molecule has 74 valence electrons. The lowest BCUT2D eigenvalue weighted by atomic mass is 10.1. The third kappa shape index (κ3) is 1.60. The molecule has 0 fully saturated rings. The van der Waals surface area contributed by atoms with E-state index in [2.05, 4.69) is 16.5 Å². The zero-order valence-electron chi connectivity index (χ0n) is 8.35. The molecule has 0 bridgehead atoms. The molecule has 0 aliphatic heterocycles. The van der Waals surface area contributed by atoms with Crippen LogP contribution in [0.5, 0.6) is 0 Å². The van der Waals surface area contributed by atoms with Crippen LogP contribution in [0.4, 0.5) is 5.82 Å². The number of fused-ring (bicyclic) bond motifs is 1. The first-order chi connectivity index (χ1) is 7.24. The maximum absolute atomic E-state index is 5.87. The minimum absolute atomic E-state index is 0.462. The molecule has 2 aromatic heterocycles. The lowest BCUT2D eigenvalue weighted by Crippen LogP contribution is -2.16. The second-order valence-electron chi connectivity index (χ2n) is 3.29. The Morgan fingerprint density at radius 1 is 1.53 bits per heavy atom. The van der Waals surface area contributed by atoms with Gasteiger partial charge in [-0.2, -0.15) is 0 Å². The average Bonchev–Trinajstić information content (AvgIpc) is 2.54. The lowest BCUT2D eigenvalue weighted by molar-refractivity contribution is 0.748. The molecule has 2 aromatic rings. The summed E-state index contributed by atoms with van der Waals surface area (Å²) in [5.41, 5.74) is 7.16. The molecule has 0 aliphatic rings. The summed E-state index contributed by atoms with van der Waals surface area (Å²) in [6.07, 6.45) is 4.13. The van der Waals surface area contributed by atoms with Gasteiger partial charge in [0.25, 0.3) is 0 Å². The van der Waals surface area contributed by atoms with Gasteiger partial charge >= 0.3 is 0 Å². The highest BCUT2D eigenvalue weighted by Crippen LogP contribution is 2.15. The molecule has 2 N–H and O–H groups in total. The van der Waals surface area contributed by atoms with Gasteiger partial charge in [0.15, 0.2) is 0 Å². The van der Waals surface area contributed by atoms with Gasteiger partial charge in [0.1, 0.15) is 25.6 Å². The molecule has 2 rings (SSSR count). The van der Waals surface area contributed by atoms with Crippen molar-refractivity contribution in [2.24, 2.45) is 0 Å². The monoisotopic (exact) mass is 198 g/mol. The van der Waals surface area contributed by atoms with Crippen LogP contribution in [0.15, 0.2) is 25.0 Å². The van der Waals surface area contributed by atoms with Gasteiger partial charge in [-0.3, -0.25) is 0 Å². The summed E-state index contributed by atoms with van der Waals surface area (Å²) in [6, 6.07) is 1.80. The number of anilines is 1. The molecule has 0 saturated heterocycles. The molecule has 0 unspecified atom stereocenters. The molecule has 0 spiro atoms. The Morgan fingerprint density at radius 3 is 3.07 bits per heavy atom. The topological polar surface area (TPSA) is 56.7 Å². The summed E-state index contributed by atoms with van der Waals surface area (Å²) in [5.74, 6) is 0.462. The van der Waals surface area contributed by atoms with E-state index >= 15 is 0 Å². The van der Waals surface area contributed by atoms with Gasteiger partial charge in [0, 0.05) is 6.54 Å². The molecule has 0 saturated carbocycles. The predicted molar refractivity (Wildman–Crippen MR) is 62.1 cm³/mol. The van der Waals surface area contributed by atoms with E-state index in [4.69, 9.17) is 13.6 Å². The molecule has 0 aliphatic carbocycles. The second-order valence-corrected chi connectivity index (χ2v) is 3.29. The van der Waals surface area contributed by atoms with Crippen molar-refractivity contribution in [1.82, 2.24) is 14.5 Å². The van der Waals surface area contributed by atoms with Crippen molar-refractivity contribution < 1.29 is 0 Å². The third-order valence-electron chi connectivity index (χ3n) is 2.31. The number of hydrogen-bond donors (Lipinski definition) is 1. The van der Waals surface area contributed by atoms with Crippen LogP contribution in [-0.4, -0.2) is 22.4 Å². The quantitative estimate of drug-likeness (QED) is 0.573. The standard InChI is InChI=1S/C10H11BN4/c1-2-3-4-15-8(11)5-7-9(12)13-6-14-10(7)15/h2,5-6H,1,3-4H2,(H2,12,13,14). The Labute approximate surface area is 89.2 Å². The van der Waals surface area contributed by atoms with Crippen LogP contribution in [0.25, 0.3) is 11.0 Å². The largest absolute Gasteiger partial charge is 0.383 e. The minimum Gasteiger partial charge on any atom is -0.383 e. The lowest BCUT2D eigenvalue weighted by Gasteiger charge is -2.05. The third-order valence-corrected chi connectivity index (χ3v) is 2.31. The number of nitrogens with two attached hydrogens (primary N) is 1. The summed E-state index contributed by atoms with van der Waals surface area (Å²) in [7, 11) is 5.87. The predicted octanol–water partition coefficient (Wildman–Crippen LogP) is 0.383. The van der Waals surface area contributed by atoms with Crippen molar-refractivity contribution in [3.63, 3.8) is 0 Å². The second kappa shape index (κ2) is 3.77. The number of rotatable bonds is 3. The first-order valence-electron chi connectivity index (χ1n) is 4.70. The molecule has 0 atom stereocenters. The fraction of sp³-hybridized carbons (Fsp3) is 0.200. The van der Waals surface area contributed by atoms with Gasteiger partial charge in [-0.25, -0.2) is 9.97 Å². The van der Waals surface area contributed by atoms with E-state index in [0.29, 0.717) is 11.4 Å². The summed E-state index contributed by atoms with van der Waals surface area (Å²) in [5, 5.41) is 0.805. The first kappa shape index (κ1) is 9.77. The highest BCUT2D eigenvalue weighted by Gasteiger charge is 2.08. The minimum atomic E-state index is 0.462. The Bertz CT molecular complexity index is 503. The van der Waals surface area contributed by atoms with Crippen molar-refractivity contribution >= 4 is 30.3 Å². The van der Waals surface area contributed by atoms with Crippen molar-refractivity contribution in [2.45, 2.75) is 13.0 Å². The Hall–Kier alpha value is -1.78. The van der Waals surface area contributed by atoms with E-state index in [9.17, 15) is 0 Å². The van der Waals surface area contributed by atoms with Crippen molar-refractivity contribution in [3.05, 3.63) is 25.0 Å². The number of nitrogen functional groups attached to an aromatic ring is 1. The number of hydrogen-bond acceptors (Lipinski definition) is 3. The van der Waals surface area contributed by atoms with E-state index in [-0.39, 0.29) is 0 Å². The number of nitrogens with zero attached hydrogens (tertiary/aromatic N) is 3. The number of allylic oxidation sites excluding steroid dienone is 1. The van der Waals surface area contributed by atoms with Gasteiger partial charge < -0.3 is 10.3 Å². The summed E-state index contributed by atoms with van der Waals surface area (Å²) in [4.78, 5) is 8.09. The van der Waals surface area contributed by atoms with E-state index in [1.165, 1.54) is 6.33 Å². The zero-order valence-corrected chi connectivity index (χ0v) is 8.35. The van der Waals surface area contributed by atoms with Crippen LogP contribution in [0.3, 0.4) is 0 Å². The van der Waals surface area contributed by atoms with Gasteiger partial charge in [0.2, 0.25) is 0 Å². The molecule has 2 radical (unpaired) electrons. The smallest absolute Gasteiger partial charge is 0.144 e. The molecule has 0 aromatic carbocycles. The van der Waals surface area contributed by atoms with E-state index in [1.54, 1.807) is 6.07 Å². The molecule has 4 nitrogen and oxygen atoms in total. The van der Waals surface area contributed by atoms with Crippen molar-refractivity contribution in [1.29, 1.82) is 0 Å². The average molecular weight is 198 g/mol. The maximum atomic E-state index is 5.87. The molecule has 15 heavy (non-hydrogen) atoms. The Kier molecular flexibility index (Phi) is 2.45.